The van der Waals surface area contributed by atoms with Crippen LogP contribution in [-0.4, -0.2) is 69.0 Å². The largest absolute Gasteiger partial charge is 0.497 e. The van der Waals surface area contributed by atoms with Crippen molar-refractivity contribution in [2.24, 2.45) is 5.41 Å². The highest BCUT2D eigenvalue weighted by Crippen LogP contribution is 2.42. The second-order valence-corrected chi connectivity index (χ2v) is 10.4. The Hall–Kier alpha value is -3.11. The van der Waals surface area contributed by atoms with Gasteiger partial charge >= 0.3 is 0 Å². The van der Waals surface area contributed by atoms with E-state index in [9.17, 15) is 18.3 Å². The van der Waals surface area contributed by atoms with Gasteiger partial charge in [0.1, 0.15) is 24.3 Å². The van der Waals surface area contributed by atoms with Crippen LogP contribution in [0.3, 0.4) is 0 Å². The standard InChI is InChI=1S/C29H35F4N3O3/c1-35(2)26-17-34-25-5-4-19(38-3)14-21(25)27(26)22(30)6-7-29(18-37)8-10-36(11-9-29)12-13-39-20-15-23(31)28(33)24(32)16-20/h4-5,14-17,22,37H,6-13,18H2,1-3H3. The van der Waals surface area contributed by atoms with Crippen molar-refractivity contribution in [3.05, 3.63) is 59.5 Å². The van der Waals surface area contributed by atoms with Crippen molar-refractivity contribution >= 4 is 16.6 Å². The molecule has 0 saturated carbocycles. The number of alkyl halides is 1. The summed E-state index contributed by atoms with van der Waals surface area (Å²) >= 11 is 0. The van der Waals surface area contributed by atoms with E-state index in [0.717, 1.165) is 12.1 Å². The number of aliphatic hydroxyl groups is 1. The smallest absolute Gasteiger partial charge is 0.194 e. The number of piperidine rings is 1. The summed E-state index contributed by atoms with van der Waals surface area (Å²) < 4.78 is 66.7. The van der Waals surface area contributed by atoms with Crippen LogP contribution in [0.5, 0.6) is 11.5 Å². The lowest BCUT2D eigenvalue weighted by Crippen LogP contribution is -2.43. The van der Waals surface area contributed by atoms with E-state index in [-0.39, 0.29) is 25.4 Å². The number of pyridine rings is 1. The molecule has 1 saturated heterocycles. The highest BCUT2D eigenvalue weighted by molar-refractivity contribution is 5.88. The fourth-order valence-corrected chi connectivity index (χ4v) is 5.22. The predicted molar refractivity (Wildman–Crippen MR) is 143 cm³/mol. The third-order valence-corrected chi connectivity index (χ3v) is 7.70. The van der Waals surface area contributed by atoms with Gasteiger partial charge in [-0.1, -0.05) is 0 Å². The van der Waals surface area contributed by atoms with Crippen LogP contribution in [0, 0.1) is 22.9 Å². The Labute approximate surface area is 226 Å². The number of halogens is 4. The molecule has 1 aliphatic heterocycles. The van der Waals surface area contributed by atoms with E-state index in [4.69, 9.17) is 9.47 Å². The molecule has 0 amide bonds. The van der Waals surface area contributed by atoms with Gasteiger partial charge < -0.3 is 19.5 Å². The molecule has 0 radical (unpaired) electrons. The highest BCUT2D eigenvalue weighted by atomic mass is 19.2. The van der Waals surface area contributed by atoms with Gasteiger partial charge in [-0.25, -0.2) is 17.6 Å². The minimum absolute atomic E-state index is 0.0380. The monoisotopic (exact) mass is 549 g/mol. The van der Waals surface area contributed by atoms with Gasteiger partial charge in [0.15, 0.2) is 17.5 Å². The Morgan fingerprint density at radius 3 is 2.38 bits per heavy atom. The zero-order valence-corrected chi connectivity index (χ0v) is 22.5. The molecule has 39 heavy (non-hydrogen) atoms. The third-order valence-electron chi connectivity index (χ3n) is 7.70. The van der Waals surface area contributed by atoms with Crippen molar-refractivity contribution in [1.29, 1.82) is 0 Å². The fourth-order valence-electron chi connectivity index (χ4n) is 5.22. The molecular weight excluding hydrogens is 514 g/mol. The number of benzene rings is 2. The lowest BCUT2D eigenvalue weighted by Gasteiger charge is -2.41. The number of aliphatic hydroxyl groups excluding tert-OH is 1. The molecule has 10 heteroatoms. The molecule has 1 aliphatic rings. The fraction of sp³-hybridized carbons (Fsp3) is 0.483. The summed E-state index contributed by atoms with van der Waals surface area (Å²) in [6.45, 7) is 1.99. The summed E-state index contributed by atoms with van der Waals surface area (Å²) in [5, 5.41) is 11.0. The minimum Gasteiger partial charge on any atom is -0.497 e. The molecule has 1 fully saturated rings. The molecule has 0 bridgehead atoms. The number of fused-ring (bicyclic) bond motifs is 1. The zero-order chi connectivity index (χ0) is 28.2. The molecule has 1 N–H and O–H groups in total. The Bertz CT molecular complexity index is 1260. The highest BCUT2D eigenvalue weighted by Gasteiger charge is 2.35. The first-order valence-electron chi connectivity index (χ1n) is 13.0. The van der Waals surface area contributed by atoms with Crippen LogP contribution in [0.1, 0.15) is 37.4 Å². The van der Waals surface area contributed by atoms with Crippen LogP contribution in [0.15, 0.2) is 36.5 Å². The topological polar surface area (TPSA) is 58.1 Å². The number of ether oxygens (including phenoxy) is 2. The minimum atomic E-state index is -1.52. The SMILES string of the molecule is COc1ccc2ncc(N(C)C)c(C(F)CCC3(CO)CCN(CCOc4cc(F)c(F)c(F)c4)CC3)c2c1. The van der Waals surface area contributed by atoms with Gasteiger partial charge in [0.05, 0.1) is 24.5 Å². The first kappa shape index (κ1) is 28.9. The van der Waals surface area contributed by atoms with Crippen LogP contribution < -0.4 is 14.4 Å². The number of hydrogen-bond donors (Lipinski definition) is 1. The van der Waals surface area contributed by atoms with Gasteiger partial charge in [0, 0.05) is 50.3 Å². The molecule has 0 spiro atoms. The maximum Gasteiger partial charge on any atom is 0.194 e. The molecule has 1 unspecified atom stereocenters. The molecule has 2 heterocycles. The number of likely N-dealkylation sites (tertiary alicyclic amines) is 1. The molecule has 0 aliphatic carbocycles. The number of anilines is 1. The van der Waals surface area contributed by atoms with Gasteiger partial charge in [-0.3, -0.25) is 9.88 Å². The van der Waals surface area contributed by atoms with Crippen LogP contribution in [0.4, 0.5) is 23.2 Å². The summed E-state index contributed by atoms with van der Waals surface area (Å²) in [6.07, 6.45) is 2.56. The quantitative estimate of drug-likeness (QED) is 0.246. The number of methoxy groups -OCH3 is 1. The van der Waals surface area contributed by atoms with Gasteiger partial charge in [-0.2, -0.15) is 0 Å². The number of hydrogen-bond acceptors (Lipinski definition) is 6. The van der Waals surface area contributed by atoms with E-state index >= 15 is 4.39 Å². The second-order valence-electron chi connectivity index (χ2n) is 10.4. The van der Waals surface area contributed by atoms with Crippen LogP contribution in [0.2, 0.25) is 0 Å². The molecule has 1 aromatic heterocycles. The Kier molecular flexibility index (Phi) is 9.17. The maximum atomic E-state index is 16.0. The second kappa shape index (κ2) is 12.4. The van der Waals surface area contributed by atoms with Crippen molar-refractivity contribution in [3.63, 3.8) is 0 Å². The van der Waals surface area contributed by atoms with Crippen LogP contribution in [-0.2, 0) is 0 Å². The van der Waals surface area contributed by atoms with Crippen molar-refractivity contribution in [3.8, 4) is 11.5 Å². The summed E-state index contributed by atoms with van der Waals surface area (Å²) in [4.78, 5) is 8.47. The summed E-state index contributed by atoms with van der Waals surface area (Å²) in [7, 11) is 5.29. The van der Waals surface area contributed by atoms with E-state index < -0.39 is 29.0 Å². The summed E-state index contributed by atoms with van der Waals surface area (Å²) in [5.74, 6) is -3.55. The molecule has 2 aromatic carbocycles. The molecule has 1 atom stereocenters. The first-order chi connectivity index (χ1) is 18.7. The van der Waals surface area contributed by atoms with Gasteiger partial charge in [-0.15, -0.1) is 0 Å². The first-order valence-corrected chi connectivity index (χ1v) is 13.0. The normalized spacial score (nSPS) is 16.3. The van der Waals surface area contributed by atoms with E-state index in [2.05, 4.69) is 9.88 Å². The third kappa shape index (κ3) is 6.55. The molecule has 212 valence electrons. The van der Waals surface area contributed by atoms with Crippen LogP contribution >= 0.6 is 0 Å². The maximum absolute atomic E-state index is 16.0. The van der Waals surface area contributed by atoms with Crippen molar-refractivity contribution in [1.82, 2.24) is 9.88 Å². The number of nitrogens with zero attached hydrogens (tertiary/aromatic N) is 3. The number of aromatic nitrogens is 1. The molecule has 4 rings (SSSR count). The zero-order valence-electron chi connectivity index (χ0n) is 22.5. The predicted octanol–water partition coefficient (Wildman–Crippen LogP) is 5.67. The van der Waals surface area contributed by atoms with Gasteiger partial charge in [-0.05, 0) is 62.4 Å². The van der Waals surface area contributed by atoms with E-state index in [1.807, 2.05) is 31.1 Å². The lowest BCUT2D eigenvalue weighted by atomic mass is 9.74. The van der Waals surface area contributed by atoms with Gasteiger partial charge in [0.25, 0.3) is 0 Å². The van der Waals surface area contributed by atoms with E-state index in [1.165, 1.54) is 0 Å². The van der Waals surface area contributed by atoms with Crippen molar-refractivity contribution in [2.45, 2.75) is 31.9 Å². The van der Waals surface area contributed by atoms with E-state index in [1.54, 1.807) is 19.4 Å². The average Bonchev–Trinajstić information content (AvgIpc) is 2.94. The van der Waals surface area contributed by atoms with Crippen molar-refractivity contribution in [2.75, 3.05) is 59.0 Å². The van der Waals surface area contributed by atoms with Crippen molar-refractivity contribution < 1.29 is 32.1 Å². The molecular formula is C29H35F4N3O3. The number of rotatable bonds is 11. The molecule has 3 aromatic rings. The van der Waals surface area contributed by atoms with Gasteiger partial charge in [0.2, 0.25) is 0 Å². The average molecular weight is 550 g/mol. The summed E-state index contributed by atoms with van der Waals surface area (Å²) in [5.41, 5.74) is 1.57. The Morgan fingerprint density at radius 1 is 1.08 bits per heavy atom. The van der Waals surface area contributed by atoms with Crippen LogP contribution in [0.25, 0.3) is 10.9 Å². The Morgan fingerprint density at radius 2 is 1.77 bits per heavy atom. The lowest BCUT2D eigenvalue weighted by molar-refractivity contribution is 0.0266. The van der Waals surface area contributed by atoms with E-state index in [0.29, 0.717) is 66.8 Å². The summed E-state index contributed by atoms with van der Waals surface area (Å²) in [6, 6.07) is 7.08. The molecule has 6 nitrogen and oxygen atoms in total. The Balaban J connectivity index is 1.37.